The van der Waals surface area contributed by atoms with Gasteiger partial charge in [-0.15, -0.1) is 0 Å². The highest BCUT2D eigenvalue weighted by Crippen LogP contribution is 2.23. The third-order valence-corrected chi connectivity index (χ3v) is 4.33. The van der Waals surface area contributed by atoms with Crippen LogP contribution < -0.4 is 0 Å². The van der Waals surface area contributed by atoms with Crippen molar-refractivity contribution >= 4 is 10.9 Å². The predicted molar refractivity (Wildman–Crippen MR) is 77.0 cm³/mol. The number of aromatic amines is 1. The summed E-state index contributed by atoms with van der Waals surface area (Å²) in [6, 6.07) is 7.50. The largest absolute Gasteiger partial charge is 0.361 e. The number of fused-ring (bicyclic) bond motifs is 1. The van der Waals surface area contributed by atoms with Crippen molar-refractivity contribution in [1.82, 2.24) is 9.88 Å². The first-order valence-corrected chi connectivity index (χ1v) is 7.08. The Morgan fingerprint density at radius 2 is 2.28 bits per heavy atom. The molecule has 1 saturated heterocycles. The van der Waals surface area contributed by atoms with Crippen LogP contribution in [0.3, 0.4) is 0 Å². The van der Waals surface area contributed by atoms with Gasteiger partial charge in [0.2, 0.25) is 0 Å². The summed E-state index contributed by atoms with van der Waals surface area (Å²) in [7, 11) is 0. The maximum atomic E-state index is 3.38. The molecule has 2 nitrogen and oxygen atoms in total. The molecule has 1 fully saturated rings. The third-order valence-electron chi connectivity index (χ3n) is 4.33. The molecule has 0 bridgehead atoms. The first-order chi connectivity index (χ1) is 8.78. The molecule has 2 heterocycles. The number of aromatic nitrogens is 1. The molecule has 2 heteroatoms. The highest BCUT2D eigenvalue weighted by atomic mass is 15.2. The van der Waals surface area contributed by atoms with E-state index in [4.69, 9.17) is 0 Å². The Hall–Kier alpha value is -1.28. The zero-order valence-corrected chi connectivity index (χ0v) is 11.4. The lowest BCUT2D eigenvalue weighted by Crippen LogP contribution is -2.47. The van der Waals surface area contributed by atoms with E-state index in [9.17, 15) is 0 Å². The number of nitrogens with one attached hydrogen (secondary N) is 1. The van der Waals surface area contributed by atoms with Crippen LogP contribution in [0.1, 0.15) is 30.9 Å². The quantitative estimate of drug-likeness (QED) is 0.869. The molecule has 2 aromatic rings. The Morgan fingerprint density at radius 1 is 1.39 bits per heavy atom. The second-order valence-electron chi connectivity index (χ2n) is 5.50. The van der Waals surface area contributed by atoms with Crippen LogP contribution in [0.5, 0.6) is 0 Å². The van der Waals surface area contributed by atoms with E-state index in [-0.39, 0.29) is 0 Å². The van der Waals surface area contributed by atoms with Crippen molar-refractivity contribution in [2.45, 2.75) is 39.2 Å². The topological polar surface area (TPSA) is 19.0 Å². The van der Waals surface area contributed by atoms with Gasteiger partial charge in [0.25, 0.3) is 0 Å². The van der Waals surface area contributed by atoms with Crippen molar-refractivity contribution in [2.24, 2.45) is 0 Å². The van der Waals surface area contributed by atoms with Crippen LogP contribution in [-0.2, 0) is 6.42 Å². The number of H-pyrrole nitrogens is 1. The summed E-state index contributed by atoms with van der Waals surface area (Å²) in [6.45, 7) is 6.96. The first kappa shape index (κ1) is 11.8. The van der Waals surface area contributed by atoms with E-state index in [0.29, 0.717) is 0 Å². The van der Waals surface area contributed by atoms with E-state index in [0.717, 1.165) is 6.04 Å². The predicted octanol–water partition coefficient (Wildman–Crippen LogP) is 3.50. The number of rotatable bonds is 4. The van der Waals surface area contributed by atoms with E-state index in [2.05, 4.69) is 48.1 Å². The zero-order valence-electron chi connectivity index (χ0n) is 11.4. The molecular weight excluding hydrogens is 220 g/mol. The van der Waals surface area contributed by atoms with Crippen molar-refractivity contribution in [3.05, 3.63) is 35.5 Å². The molecule has 1 unspecified atom stereocenters. The molecule has 1 aromatic carbocycles. The van der Waals surface area contributed by atoms with Crippen molar-refractivity contribution in [1.29, 1.82) is 0 Å². The lowest BCUT2D eigenvalue weighted by Gasteiger charge is -2.40. The van der Waals surface area contributed by atoms with Crippen LogP contribution in [0.4, 0.5) is 0 Å². The molecule has 1 aliphatic rings. The Labute approximate surface area is 109 Å². The minimum Gasteiger partial charge on any atom is -0.361 e. The van der Waals surface area contributed by atoms with Gasteiger partial charge >= 0.3 is 0 Å². The molecule has 18 heavy (non-hydrogen) atoms. The molecule has 0 spiro atoms. The molecule has 0 aliphatic carbocycles. The molecule has 1 aliphatic heterocycles. The average molecular weight is 242 g/mol. The van der Waals surface area contributed by atoms with Crippen LogP contribution in [0.2, 0.25) is 0 Å². The smallest absolute Gasteiger partial charge is 0.0456 e. The molecule has 1 aromatic heterocycles. The second kappa shape index (κ2) is 4.77. The van der Waals surface area contributed by atoms with Crippen molar-refractivity contribution in [3.63, 3.8) is 0 Å². The third kappa shape index (κ3) is 2.05. The van der Waals surface area contributed by atoms with Gasteiger partial charge in [0.1, 0.15) is 0 Å². The molecular formula is C16H22N2. The van der Waals surface area contributed by atoms with Gasteiger partial charge in [-0.1, -0.05) is 18.6 Å². The highest BCUT2D eigenvalue weighted by Gasteiger charge is 2.25. The summed E-state index contributed by atoms with van der Waals surface area (Å²) in [6.07, 6.45) is 6.04. The molecule has 0 amide bonds. The Balaban J connectivity index is 1.73. The molecule has 3 rings (SSSR count). The fraction of sp³-hybridized carbons (Fsp3) is 0.500. The fourth-order valence-electron chi connectivity index (χ4n) is 3.01. The van der Waals surface area contributed by atoms with E-state index in [1.165, 1.54) is 54.4 Å². The minimum absolute atomic E-state index is 0.844. The van der Waals surface area contributed by atoms with Gasteiger partial charge in [0.05, 0.1) is 0 Å². The van der Waals surface area contributed by atoms with Gasteiger partial charge in [-0.05, 0) is 50.4 Å². The summed E-state index contributed by atoms with van der Waals surface area (Å²) in [5, 5.41) is 1.41. The summed E-state index contributed by atoms with van der Waals surface area (Å²) in [5.74, 6) is 0. The molecule has 1 N–H and O–H groups in total. The zero-order chi connectivity index (χ0) is 12.5. The van der Waals surface area contributed by atoms with Crippen molar-refractivity contribution < 1.29 is 0 Å². The summed E-state index contributed by atoms with van der Waals surface area (Å²) >= 11 is 0. The van der Waals surface area contributed by atoms with Gasteiger partial charge in [0.15, 0.2) is 0 Å². The van der Waals surface area contributed by atoms with Crippen molar-refractivity contribution in [3.8, 4) is 0 Å². The van der Waals surface area contributed by atoms with Gasteiger partial charge < -0.3 is 4.98 Å². The minimum atomic E-state index is 0.844. The van der Waals surface area contributed by atoms with E-state index >= 15 is 0 Å². The standard InChI is InChI=1S/C16H22N2/c1-3-14-7-9-18(14)8-6-13-11-17-16-5-4-12(2)10-15(13)16/h4-5,10-11,14,17H,3,6-9H2,1-2H3. The van der Waals surface area contributed by atoms with E-state index in [1.807, 2.05) is 0 Å². The van der Waals surface area contributed by atoms with Crippen LogP contribution >= 0.6 is 0 Å². The second-order valence-corrected chi connectivity index (χ2v) is 5.50. The van der Waals surface area contributed by atoms with Gasteiger partial charge in [0, 0.05) is 29.7 Å². The van der Waals surface area contributed by atoms with E-state index < -0.39 is 0 Å². The van der Waals surface area contributed by atoms with Gasteiger partial charge in [-0.2, -0.15) is 0 Å². The van der Waals surface area contributed by atoms with Gasteiger partial charge in [-0.3, -0.25) is 4.90 Å². The van der Waals surface area contributed by atoms with E-state index in [1.54, 1.807) is 0 Å². The van der Waals surface area contributed by atoms with Crippen LogP contribution in [0.25, 0.3) is 10.9 Å². The normalized spacial score (nSPS) is 20.2. The number of hydrogen-bond donors (Lipinski definition) is 1. The maximum Gasteiger partial charge on any atom is 0.0456 e. The Morgan fingerprint density at radius 3 is 3.00 bits per heavy atom. The number of likely N-dealkylation sites (tertiary alicyclic amines) is 1. The average Bonchev–Trinajstić information content (AvgIpc) is 2.71. The number of benzene rings is 1. The van der Waals surface area contributed by atoms with Crippen molar-refractivity contribution in [2.75, 3.05) is 13.1 Å². The summed E-state index contributed by atoms with van der Waals surface area (Å²) < 4.78 is 0. The molecule has 0 radical (unpaired) electrons. The molecule has 1 atom stereocenters. The number of hydrogen-bond acceptors (Lipinski definition) is 1. The lowest BCUT2D eigenvalue weighted by molar-refractivity contribution is 0.0894. The first-order valence-electron chi connectivity index (χ1n) is 7.08. The molecule has 0 saturated carbocycles. The summed E-state index contributed by atoms with van der Waals surface area (Å²) in [5.41, 5.74) is 4.08. The maximum absolute atomic E-state index is 3.38. The van der Waals surface area contributed by atoms with Crippen LogP contribution in [0, 0.1) is 6.92 Å². The Kier molecular flexibility index (Phi) is 3.13. The number of aryl methyl sites for hydroxylation is 1. The van der Waals surface area contributed by atoms with Gasteiger partial charge in [-0.25, -0.2) is 0 Å². The number of nitrogens with zero attached hydrogens (tertiary/aromatic N) is 1. The summed E-state index contributed by atoms with van der Waals surface area (Å²) in [4.78, 5) is 6.00. The monoisotopic (exact) mass is 242 g/mol. The fourth-order valence-corrected chi connectivity index (χ4v) is 3.01. The van der Waals surface area contributed by atoms with Crippen LogP contribution in [0.15, 0.2) is 24.4 Å². The SMILES string of the molecule is CCC1CCN1CCc1c[nH]c2ccc(C)cc12. The Bertz CT molecular complexity index is 539. The lowest BCUT2D eigenvalue weighted by atomic mass is 9.99. The van der Waals surface area contributed by atoms with Crippen LogP contribution in [-0.4, -0.2) is 29.0 Å². The highest BCUT2D eigenvalue weighted by molar-refractivity contribution is 5.83. The molecule has 96 valence electrons.